The number of thiazole rings is 1. The van der Waals surface area contributed by atoms with Crippen LogP contribution in [-0.2, 0) is 11.3 Å². The van der Waals surface area contributed by atoms with Gasteiger partial charge in [0.25, 0.3) is 0 Å². The molecule has 1 unspecified atom stereocenters. The van der Waals surface area contributed by atoms with Gasteiger partial charge in [0.1, 0.15) is 5.01 Å². The monoisotopic (exact) mass is 275 g/mol. The van der Waals surface area contributed by atoms with Gasteiger partial charge in [0.15, 0.2) is 0 Å². The van der Waals surface area contributed by atoms with Crippen molar-refractivity contribution in [3.63, 3.8) is 0 Å². The third-order valence-corrected chi connectivity index (χ3v) is 4.16. The van der Waals surface area contributed by atoms with E-state index in [1.165, 1.54) is 12.8 Å². The first-order valence-electron chi connectivity index (χ1n) is 6.60. The molecule has 2 aromatic rings. The summed E-state index contributed by atoms with van der Waals surface area (Å²) >= 11 is 1.69. The molecule has 0 spiro atoms. The Morgan fingerprint density at radius 1 is 1.37 bits per heavy atom. The summed E-state index contributed by atoms with van der Waals surface area (Å²) < 4.78 is 5.58. The molecule has 1 aliphatic heterocycles. The maximum atomic E-state index is 5.58. The molecule has 19 heavy (non-hydrogen) atoms. The number of ether oxygens (including phenoxy) is 1. The summed E-state index contributed by atoms with van der Waals surface area (Å²) in [6, 6.07) is 5.93. The lowest BCUT2D eigenvalue weighted by Gasteiger charge is -2.09. The number of hydrogen-bond acceptors (Lipinski definition) is 5. The first-order chi connectivity index (χ1) is 9.42. The molecule has 5 heteroatoms. The quantitative estimate of drug-likeness (QED) is 0.910. The van der Waals surface area contributed by atoms with Gasteiger partial charge in [0, 0.05) is 32.1 Å². The normalized spacial score (nSPS) is 18.8. The Morgan fingerprint density at radius 2 is 2.37 bits per heavy atom. The fourth-order valence-electron chi connectivity index (χ4n) is 2.16. The smallest absolute Gasteiger partial charge is 0.107 e. The summed E-state index contributed by atoms with van der Waals surface area (Å²) in [4.78, 5) is 9.89. The molecule has 1 aliphatic rings. The van der Waals surface area contributed by atoms with Crippen molar-refractivity contribution in [3.05, 3.63) is 35.6 Å². The minimum absolute atomic E-state index is 0.384. The summed E-state index contributed by atoms with van der Waals surface area (Å²) in [5, 5.41) is 4.51. The van der Waals surface area contributed by atoms with Gasteiger partial charge in [0.05, 0.1) is 16.7 Å². The number of hydrogen-bond donors (Lipinski definition) is 1. The predicted molar refractivity (Wildman–Crippen MR) is 76.0 cm³/mol. The molecule has 2 aromatic heterocycles. The van der Waals surface area contributed by atoms with Crippen LogP contribution in [0.3, 0.4) is 0 Å². The molecule has 1 saturated heterocycles. The van der Waals surface area contributed by atoms with Crippen LogP contribution in [0, 0.1) is 0 Å². The Labute approximate surface area is 116 Å². The number of aromatic nitrogens is 2. The number of pyridine rings is 1. The molecule has 0 aromatic carbocycles. The van der Waals surface area contributed by atoms with Gasteiger partial charge in [-0.05, 0) is 25.0 Å². The fourth-order valence-corrected chi connectivity index (χ4v) is 3.03. The average Bonchev–Trinajstić information content (AvgIpc) is 3.11. The van der Waals surface area contributed by atoms with E-state index in [4.69, 9.17) is 4.74 Å². The molecule has 0 saturated carbocycles. The molecule has 0 radical (unpaired) electrons. The largest absolute Gasteiger partial charge is 0.377 e. The molecular formula is C14H17N3OS. The highest BCUT2D eigenvalue weighted by molar-refractivity contribution is 7.15. The van der Waals surface area contributed by atoms with Crippen LogP contribution in [0.25, 0.3) is 10.6 Å². The number of nitrogens with one attached hydrogen (secondary N) is 1. The van der Waals surface area contributed by atoms with Gasteiger partial charge in [-0.25, -0.2) is 4.98 Å². The van der Waals surface area contributed by atoms with E-state index in [1.54, 1.807) is 11.3 Å². The Hall–Kier alpha value is -1.30. The first-order valence-corrected chi connectivity index (χ1v) is 7.42. The highest BCUT2D eigenvalue weighted by atomic mass is 32.1. The third kappa shape index (κ3) is 3.37. The molecule has 0 bridgehead atoms. The summed E-state index contributed by atoms with van der Waals surface area (Å²) in [6.07, 6.45) is 6.45. The van der Waals surface area contributed by atoms with Gasteiger partial charge in [-0.2, -0.15) is 0 Å². The van der Waals surface area contributed by atoms with Crippen LogP contribution in [0.1, 0.15) is 17.8 Å². The molecule has 100 valence electrons. The van der Waals surface area contributed by atoms with Crippen molar-refractivity contribution in [1.82, 2.24) is 15.3 Å². The van der Waals surface area contributed by atoms with Gasteiger partial charge in [-0.15, -0.1) is 11.3 Å². The van der Waals surface area contributed by atoms with E-state index in [1.807, 2.05) is 30.6 Å². The second-order valence-electron chi connectivity index (χ2n) is 4.60. The third-order valence-electron chi connectivity index (χ3n) is 3.14. The minimum Gasteiger partial charge on any atom is -0.377 e. The lowest BCUT2D eigenvalue weighted by molar-refractivity contribution is 0.110. The highest BCUT2D eigenvalue weighted by Gasteiger charge is 2.14. The zero-order valence-corrected chi connectivity index (χ0v) is 11.5. The Morgan fingerprint density at radius 3 is 3.16 bits per heavy atom. The Bertz CT molecular complexity index is 508. The second-order valence-corrected chi connectivity index (χ2v) is 5.71. The van der Waals surface area contributed by atoms with E-state index in [0.717, 1.165) is 35.3 Å². The van der Waals surface area contributed by atoms with Crippen LogP contribution in [0.15, 0.2) is 30.6 Å². The molecule has 4 nitrogen and oxygen atoms in total. The minimum atomic E-state index is 0.384. The zero-order valence-electron chi connectivity index (χ0n) is 10.7. The fraction of sp³-hybridized carbons (Fsp3) is 0.429. The number of nitrogens with zero attached hydrogens (tertiary/aromatic N) is 2. The Kier molecular flexibility index (Phi) is 4.17. The van der Waals surface area contributed by atoms with E-state index < -0.39 is 0 Å². The van der Waals surface area contributed by atoms with Gasteiger partial charge in [-0.3, -0.25) is 4.98 Å². The van der Waals surface area contributed by atoms with Crippen LogP contribution in [0.5, 0.6) is 0 Å². The van der Waals surface area contributed by atoms with E-state index in [-0.39, 0.29) is 0 Å². The van der Waals surface area contributed by atoms with Crippen molar-refractivity contribution < 1.29 is 4.74 Å². The molecule has 3 rings (SSSR count). The molecule has 1 fully saturated rings. The van der Waals surface area contributed by atoms with Gasteiger partial charge in [-0.1, -0.05) is 6.07 Å². The second kappa shape index (κ2) is 6.23. The van der Waals surface area contributed by atoms with Crippen LogP contribution in [-0.4, -0.2) is 29.2 Å². The van der Waals surface area contributed by atoms with E-state index in [9.17, 15) is 0 Å². The van der Waals surface area contributed by atoms with Gasteiger partial charge in [0.2, 0.25) is 0 Å². The van der Waals surface area contributed by atoms with Crippen LogP contribution in [0.4, 0.5) is 0 Å². The topological polar surface area (TPSA) is 47.0 Å². The molecular weight excluding hydrogens is 258 g/mol. The van der Waals surface area contributed by atoms with E-state index >= 15 is 0 Å². The number of rotatable bonds is 5. The summed E-state index contributed by atoms with van der Waals surface area (Å²) in [5.41, 5.74) is 0.991. The standard InChI is InChI=1S/C14H17N3OS/c1-2-6-16-12(5-1)13-9-17-14(19-13)10-15-8-11-4-3-7-18-11/h1-2,5-6,9,11,15H,3-4,7-8,10H2. The van der Waals surface area contributed by atoms with Crippen molar-refractivity contribution >= 4 is 11.3 Å². The summed E-state index contributed by atoms with van der Waals surface area (Å²) in [5.74, 6) is 0. The van der Waals surface area contributed by atoms with Crippen molar-refractivity contribution in [2.75, 3.05) is 13.2 Å². The lowest BCUT2D eigenvalue weighted by Crippen LogP contribution is -2.25. The SMILES string of the molecule is c1ccc(-c2cnc(CNCC3CCCO3)s2)nc1. The lowest BCUT2D eigenvalue weighted by atomic mass is 10.2. The maximum Gasteiger partial charge on any atom is 0.107 e. The van der Waals surface area contributed by atoms with Crippen molar-refractivity contribution in [2.24, 2.45) is 0 Å². The van der Waals surface area contributed by atoms with Crippen LogP contribution >= 0.6 is 11.3 Å². The zero-order chi connectivity index (χ0) is 12.9. The Balaban J connectivity index is 1.53. The van der Waals surface area contributed by atoms with Crippen LogP contribution in [0.2, 0.25) is 0 Å². The highest BCUT2D eigenvalue weighted by Crippen LogP contribution is 2.23. The summed E-state index contributed by atoms with van der Waals surface area (Å²) in [6.45, 7) is 2.63. The van der Waals surface area contributed by atoms with Gasteiger partial charge < -0.3 is 10.1 Å². The molecule has 0 amide bonds. The van der Waals surface area contributed by atoms with Crippen molar-refractivity contribution in [3.8, 4) is 10.6 Å². The van der Waals surface area contributed by atoms with Gasteiger partial charge >= 0.3 is 0 Å². The van der Waals surface area contributed by atoms with E-state index in [2.05, 4.69) is 15.3 Å². The predicted octanol–water partition coefficient (Wildman–Crippen LogP) is 2.47. The molecule has 0 aliphatic carbocycles. The molecule has 3 heterocycles. The average molecular weight is 275 g/mol. The van der Waals surface area contributed by atoms with Crippen molar-refractivity contribution in [2.45, 2.75) is 25.5 Å². The van der Waals surface area contributed by atoms with Crippen LogP contribution < -0.4 is 5.32 Å². The van der Waals surface area contributed by atoms with Crippen molar-refractivity contribution in [1.29, 1.82) is 0 Å². The van der Waals surface area contributed by atoms with E-state index in [0.29, 0.717) is 6.10 Å². The molecule has 1 N–H and O–H groups in total. The molecule has 1 atom stereocenters. The summed E-state index contributed by atoms with van der Waals surface area (Å²) in [7, 11) is 0. The maximum absolute atomic E-state index is 5.58. The first kappa shape index (κ1) is 12.7.